The molecule has 0 radical (unpaired) electrons. The number of nitrogens with one attached hydrogen (secondary N) is 1. The van der Waals surface area contributed by atoms with Crippen LogP contribution in [0.2, 0.25) is 0 Å². The van der Waals surface area contributed by atoms with Gasteiger partial charge in [-0.1, -0.05) is 19.8 Å². The van der Waals surface area contributed by atoms with E-state index in [-0.39, 0.29) is 18.6 Å². The van der Waals surface area contributed by atoms with E-state index in [0.717, 1.165) is 32.4 Å². The van der Waals surface area contributed by atoms with Gasteiger partial charge in [0.05, 0.1) is 25.9 Å². The van der Waals surface area contributed by atoms with Crippen molar-refractivity contribution in [3.05, 3.63) is 0 Å². The summed E-state index contributed by atoms with van der Waals surface area (Å²) in [5.74, 6) is 0.781. The van der Waals surface area contributed by atoms with Crippen LogP contribution < -0.4 is 5.32 Å². The van der Waals surface area contributed by atoms with Gasteiger partial charge >= 0.3 is 0 Å². The number of carbonyl (C=O) groups is 1. The number of piperidine rings is 1. The molecule has 1 saturated heterocycles. The number of ether oxygens (including phenoxy) is 1. The first-order valence-electron chi connectivity index (χ1n) is 8.43. The Kier molecular flexibility index (Phi) is 6.93. The van der Waals surface area contributed by atoms with Crippen LogP contribution in [0.3, 0.4) is 0 Å². The van der Waals surface area contributed by atoms with Gasteiger partial charge in [-0.15, -0.1) is 0 Å². The van der Waals surface area contributed by atoms with E-state index in [0.29, 0.717) is 25.1 Å². The molecule has 2 unspecified atom stereocenters. The van der Waals surface area contributed by atoms with E-state index in [4.69, 9.17) is 9.84 Å². The average molecular weight is 298 g/mol. The van der Waals surface area contributed by atoms with Crippen LogP contribution in [0.15, 0.2) is 0 Å². The summed E-state index contributed by atoms with van der Waals surface area (Å²) >= 11 is 0. The summed E-state index contributed by atoms with van der Waals surface area (Å²) in [7, 11) is 0. The number of hydrogen-bond donors (Lipinski definition) is 2. The molecule has 0 aromatic carbocycles. The van der Waals surface area contributed by atoms with Crippen molar-refractivity contribution >= 4 is 5.91 Å². The molecule has 1 aliphatic heterocycles. The highest BCUT2D eigenvalue weighted by molar-refractivity contribution is 5.78. The third kappa shape index (κ3) is 5.57. The Morgan fingerprint density at radius 3 is 2.62 bits per heavy atom. The predicted molar refractivity (Wildman–Crippen MR) is 82.1 cm³/mol. The first-order chi connectivity index (χ1) is 10.2. The van der Waals surface area contributed by atoms with Crippen LogP contribution in [0.1, 0.15) is 45.4 Å². The van der Waals surface area contributed by atoms with Crippen molar-refractivity contribution in [2.24, 2.45) is 5.92 Å². The second-order valence-corrected chi connectivity index (χ2v) is 6.51. The number of amides is 1. The van der Waals surface area contributed by atoms with Gasteiger partial charge in [-0.3, -0.25) is 9.69 Å². The number of carbonyl (C=O) groups excluding carboxylic acids is 1. The molecular formula is C16H30N2O3. The summed E-state index contributed by atoms with van der Waals surface area (Å²) in [4.78, 5) is 14.4. The Bertz CT molecular complexity index is 317. The largest absolute Gasteiger partial charge is 0.394 e. The molecule has 2 rings (SSSR count). The summed E-state index contributed by atoms with van der Waals surface area (Å²) in [6.07, 6.45) is 7.05. The average Bonchev–Trinajstić information content (AvgIpc) is 2.49. The molecule has 5 nitrogen and oxygen atoms in total. The van der Waals surface area contributed by atoms with Crippen LogP contribution in [-0.4, -0.2) is 60.9 Å². The van der Waals surface area contributed by atoms with E-state index in [1.807, 2.05) is 0 Å². The lowest BCUT2D eigenvalue weighted by Crippen LogP contribution is -2.47. The van der Waals surface area contributed by atoms with Gasteiger partial charge in [-0.05, 0) is 31.6 Å². The van der Waals surface area contributed by atoms with Crippen LogP contribution >= 0.6 is 0 Å². The van der Waals surface area contributed by atoms with Crippen molar-refractivity contribution in [3.63, 3.8) is 0 Å². The van der Waals surface area contributed by atoms with Crippen LogP contribution in [-0.2, 0) is 9.53 Å². The Labute approximate surface area is 128 Å². The molecule has 122 valence electrons. The molecule has 1 amide bonds. The highest BCUT2D eigenvalue weighted by Gasteiger charge is 2.25. The zero-order valence-corrected chi connectivity index (χ0v) is 13.2. The van der Waals surface area contributed by atoms with Gasteiger partial charge in [0.25, 0.3) is 0 Å². The zero-order valence-electron chi connectivity index (χ0n) is 13.2. The lowest BCUT2D eigenvalue weighted by molar-refractivity contribution is -0.124. The molecule has 1 saturated carbocycles. The Morgan fingerprint density at radius 1 is 1.24 bits per heavy atom. The minimum Gasteiger partial charge on any atom is -0.394 e. The van der Waals surface area contributed by atoms with E-state index in [1.54, 1.807) is 0 Å². The van der Waals surface area contributed by atoms with Gasteiger partial charge in [-0.25, -0.2) is 0 Å². The maximum Gasteiger partial charge on any atom is 0.234 e. The molecule has 1 aliphatic carbocycles. The molecule has 0 aromatic heterocycles. The number of likely N-dealkylation sites (tertiary alicyclic amines) is 1. The van der Waals surface area contributed by atoms with E-state index < -0.39 is 0 Å². The van der Waals surface area contributed by atoms with Gasteiger partial charge in [0.2, 0.25) is 5.91 Å². The summed E-state index contributed by atoms with van der Waals surface area (Å²) in [5.41, 5.74) is 0. The molecule has 0 spiro atoms. The van der Waals surface area contributed by atoms with E-state index >= 15 is 0 Å². The molecule has 21 heavy (non-hydrogen) atoms. The zero-order chi connectivity index (χ0) is 15.1. The highest BCUT2D eigenvalue weighted by atomic mass is 16.5. The van der Waals surface area contributed by atoms with Crippen LogP contribution in [0.25, 0.3) is 0 Å². The molecule has 2 N–H and O–H groups in total. The van der Waals surface area contributed by atoms with Gasteiger partial charge in [0, 0.05) is 19.1 Å². The number of nitrogens with zero attached hydrogens (tertiary/aromatic N) is 1. The van der Waals surface area contributed by atoms with Crippen LogP contribution in [0.4, 0.5) is 0 Å². The minimum absolute atomic E-state index is 0.0855. The van der Waals surface area contributed by atoms with Crippen LogP contribution in [0.5, 0.6) is 0 Å². The molecule has 0 bridgehead atoms. The molecule has 5 heteroatoms. The van der Waals surface area contributed by atoms with Crippen molar-refractivity contribution in [2.75, 3.05) is 32.8 Å². The molecule has 0 aromatic rings. The van der Waals surface area contributed by atoms with E-state index in [1.165, 1.54) is 19.3 Å². The molecular weight excluding hydrogens is 268 g/mol. The standard InChI is InChI=1S/C16H30N2O3/c1-13-4-2-3-5-15(13)17-16(20)12-18-8-6-14(7-9-18)21-11-10-19/h13-15,19H,2-12H2,1H3,(H,17,20). The highest BCUT2D eigenvalue weighted by Crippen LogP contribution is 2.23. The Hall–Kier alpha value is -0.650. The van der Waals surface area contributed by atoms with Gasteiger partial charge < -0.3 is 15.2 Å². The number of rotatable bonds is 6. The molecule has 2 aliphatic rings. The second kappa shape index (κ2) is 8.71. The van der Waals surface area contributed by atoms with Gasteiger partial charge in [0.1, 0.15) is 0 Å². The smallest absolute Gasteiger partial charge is 0.234 e. The number of aliphatic hydroxyl groups is 1. The maximum absolute atomic E-state index is 12.2. The van der Waals surface area contributed by atoms with Gasteiger partial charge in [0.15, 0.2) is 0 Å². The summed E-state index contributed by atoms with van der Waals surface area (Å²) in [6, 6.07) is 0.372. The van der Waals surface area contributed by atoms with Crippen molar-refractivity contribution in [3.8, 4) is 0 Å². The Morgan fingerprint density at radius 2 is 1.95 bits per heavy atom. The lowest BCUT2D eigenvalue weighted by Gasteiger charge is -2.33. The SMILES string of the molecule is CC1CCCCC1NC(=O)CN1CCC(OCCO)CC1. The first-order valence-corrected chi connectivity index (χ1v) is 8.43. The fourth-order valence-corrected chi connectivity index (χ4v) is 3.44. The second-order valence-electron chi connectivity index (χ2n) is 6.51. The predicted octanol–water partition coefficient (Wildman–Crippen LogP) is 1.15. The summed E-state index contributed by atoms with van der Waals surface area (Å²) in [6.45, 7) is 5.07. The fourth-order valence-electron chi connectivity index (χ4n) is 3.44. The molecule has 2 atom stereocenters. The minimum atomic E-state index is 0.0855. The number of hydrogen-bond acceptors (Lipinski definition) is 4. The third-order valence-electron chi connectivity index (χ3n) is 4.80. The van der Waals surface area contributed by atoms with Crippen molar-refractivity contribution < 1.29 is 14.6 Å². The fraction of sp³-hybridized carbons (Fsp3) is 0.938. The lowest BCUT2D eigenvalue weighted by atomic mass is 9.86. The molecule has 1 heterocycles. The summed E-state index contributed by atoms with van der Waals surface area (Å²) in [5, 5.41) is 12.0. The maximum atomic E-state index is 12.2. The normalized spacial score (nSPS) is 28.5. The quantitative estimate of drug-likeness (QED) is 0.772. The van der Waals surface area contributed by atoms with Crippen molar-refractivity contribution in [1.82, 2.24) is 10.2 Å². The van der Waals surface area contributed by atoms with Gasteiger partial charge in [-0.2, -0.15) is 0 Å². The van der Waals surface area contributed by atoms with Crippen molar-refractivity contribution in [2.45, 2.75) is 57.6 Å². The Balaban J connectivity index is 1.64. The van der Waals surface area contributed by atoms with E-state index in [9.17, 15) is 4.79 Å². The molecule has 2 fully saturated rings. The van der Waals surface area contributed by atoms with E-state index in [2.05, 4.69) is 17.1 Å². The summed E-state index contributed by atoms with van der Waals surface area (Å²) < 4.78 is 5.54. The number of aliphatic hydroxyl groups excluding tert-OH is 1. The van der Waals surface area contributed by atoms with Crippen molar-refractivity contribution in [1.29, 1.82) is 0 Å². The monoisotopic (exact) mass is 298 g/mol. The topological polar surface area (TPSA) is 61.8 Å². The third-order valence-corrected chi connectivity index (χ3v) is 4.80. The van der Waals surface area contributed by atoms with Crippen LogP contribution in [0, 0.1) is 5.92 Å². The first kappa shape index (κ1) is 16.7.